The molecule has 2 aromatic rings. The fraction of sp³-hybridized carbons (Fsp3) is 0.400. The predicted molar refractivity (Wildman–Crippen MR) is 97.3 cm³/mol. The Bertz CT molecular complexity index is 1000. The van der Waals surface area contributed by atoms with Crippen molar-refractivity contribution < 1.29 is 5.11 Å². The molecule has 3 atom stereocenters. The second-order valence-corrected chi connectivity index (χ2v) is 7.45. The van der Waals surface area contributed by atoms with Crippen molar-refractivity contribution in [3.05, 3.63) is 69.0 Å². The highest BCUT2D eigenvalue weighted by molar-refractivity contribution is 5.55. The van der Waals surface area contributed by atoms with Crippen molar-refractivity contribution >= 4 is 0 Å². The monoisotopic (exact) mass is 348 g/mol. The number of aromatic amines is 1. The lowest BCUT2D eigenvalue weighted by Gasteiger charge is -2.47. The predicted octanol–water partition coefficient (Wildman–Crippen LogP) is 3.38. The van der Waals surface area contributed by atoms with E-state index < -0.39 is 5.41 Å². The Balaban J connectivity index is 1.93. The maximum atomic E-state index is 12.7. The third-order valence-electron chi connectivity index (χ3n) is 6.03. The van der Waals surface area contributed by atoms with E-state index in [1.165, 1.54) is 0 Å². The van der Waals surface area contributed by atoms with Crippen LogP contribution in [0.1, 0.15) is 37.9 Å². The molecule has 0 bridgehead atoms. The van der Waals surface area contributed by atoms with Gasteiger partial charge in [-0.25, -0.2) is 9.83 Å². The van der Waals surface area contributed by atoms with Crippen LogP contribution in [-0.2, 0) is 11.8 Å². The maximum Gasteiger partial charge on any atom is 0.254 e. The van der Waals surface area contributed by atoms with Crippen molar-refractivity contribution in [1.29, 1.82) is 0 Å². The van der Waals surface area contributed by atoms with E-state index in [1.807, 2.05) is 19.1 Å². The van der Waals surface area contributed by atoms with Crippen LogP contribution in [0, 0.1) is 18.4 Å². The van der Waals surface area contributed by atoms with Gasteiger partial charge in [-0.3, -0.25) is 9.78 Å². The molecule has 0 spiro atoms. The molecule has 2 aromatic heterocycles. The Morgan fingerprint density at radius 2 is 2.12 bits per heavy atom. The summed E-state index contributed by atoms with van der Waals surface area (Å²) in [5, 5.41) is 10.4. The molecule has 0 fully saturated rings. The first kappa shape index (κ1) is 16.5. The van der Waals surface area contributed by atoms with E-state index in [0.717, 1.165) is 17.7 Å². The summed E-state index contributed by atoms with van der Waals surface area (Å²) in [5.41, 5.74) is 2.12. The molecule has 2 aliphatic rings. The van der Waals surface area contributed by atoms with Crippen LogP contribution in [-0.4, -0.2) is 20.1 Å². The quantitative estimate of drug-likeness (QED) is 0.774. The molecule has 0 saturated carbocycles. The Hall–Kier alpha value is -2.94. The summed E-state index contributed by atoms with van der Waals surface area (Å²) in [5.74, 6) is 0.760. The highest BCUT2D eigenvalue weighted by Gasteiger charge is 2.50. The smallest absolute Gasteiger partial charge is 0.254 e. The molecule has 0 unspecified atom stereocenters. The average Bonchev–Trinajstić information content (AvgIpc) is 2.65. The van der Waals surface area contributed by atoms with Crippen LogP contribution in [0.4, 0.5) is 0 Å². The van der Waals surface area contributed by atoms with Crippen molar-refractivity contribution in [2.24, 2.45) is 11.8 Å². The van der Waals surface area contributed by atoms with E-state index in [2.05, 4.69) is 21.7 Å². The molecule has 0 amide bonds. The summed E-state index contributed by atoms with van der Waals surface area (Å²) in [6.07, 6.45) is 5.19. The number of nitrogens with zero attached hydrogens (tertiary/aromatic N) is 3. The summed E-state index contributed by atoms with van der Waals surface area (Å²) in [7, 11) is 0. The van der Waals surface area contributed by atoms with Crippen LogP contribution in [0.25, 0.3) is 16.2 Å². The van der Waals surface area contributed by atoms with E-state index in [1.54, 1.807) is 12.4 Å². The number of nitrogens with one attached hydrogen (secondary N) is 1. The zero-order chi connectivity index (χ0) is 18.5. The van der Waals surface area contributed by atoms with Gasteiger partial charge in [0.05, 0.1) is 18.0 Å². The molecule has 4 rings (SSSR count). The molecule has 0 saturated heterocycles. The number of allylic oxidation sites excluding steroid dienone is 2. The van der Waals surface area contributed by atoms with Crippen LogP contribution in [0.3, 0.4) is 0 Å². The van der Waals surface area contributed by atoms with Gasteiger partial charge in [-0.15, -0.1) is 0 Å². The zero-order valence-corrected chi connectivity index (χ0v) is 14.8. The van der Waals surface area contributed by atoms with Crippen molar-refractivity contribution in [1.82, 2.24) is 15.0 Å². The Morgan fingerprint density at radius 1 is 1.38 bits per heavy atom. The Morgan fingerprint density at radius 3 is 2.81 bits per heavy atom. The number of H-pyrrole nitrogens is 1. The fourth-order valence-corrected chi connectivity index (χ4v) is 4.65. The molecule has 132 valence electrons. The molecule has 0 radical (unpaired) electrons. The van der Waals surface area contributed by atoms with Gasteiger partial charge in [0.2, 0.25) is 5.70 Å². The molecule has 6 nitrogen and oxygen atoms in total. The highest BCUT2D eigenvalue weighted by Crippen LogP contribution is 2.52. The van der Waals surface area contributed by atoms with Gasteiger partial charge < -0.3 is 10.1 Å². The highest BCUT2D eigenvalue weighted by atomic mass is 16.3. The lowest BCUT2D eigenvalue weighted by Crippen LogP contribution is -2.46. The summed E-state index contributed by atoms with van der Waals surface area (Å²) in [6, 6.07) is 3.63. The summed E-state index contributed by atoms with van der Waals surface area (Å²) < 4.78 is 0. The first-order chi connectivity index (χ1) is 12.5. The van der Waals surface area contributed by atoms with E-state index >= 15 is 0 Å². The second kappa shape index (κ2) is 5.80. The number of aliphatic hydroxyl groups excluding tert-OH is 1. The third kappa shape index (κ3) is 2.27. The standard InChI is InChI=1S/C20H20N4O2/c1-11-14-5-4-13-17(20(14,2)10-15(21-3)16(11)25)23-18(24-19(13)26)12-6-8-22-9-7-12/h6-9,11,14,25H,4-5,10H2,1-2H3,(H,23,24,26)/t11-,14-,20-/m1/s1. The van der Waals surface area contributed by atoms with Gasteiger partial charge in [0.25, 0.3) is 5.56 Å². The minimum absolute atomic E-state index is 0.114. The van der Waals surface area contributed by atoms with E-state index in [-0.39, 0.29) is 23.2 Å². The molecule has 2 N–H and O–H groups in total. The first-order valence-electron chi connectivity index (χ1n) is 8.79. The fourth-order valence-electron chi connectivity index (χ4n) is 4.65. The van der Waals surface area contributed by atoms with Gasteiger partial charge in [-0.05, 0) is 37.3 Å². The molecule has 2 aliphatic carbocycles. The van der Waals surface area contributed by atoms with Gasteiger partial charge >= 0.3 is 0 Å². The third-order valence-corrected chi connectivity index (χ3v) is 6.03. The number of aliphatic hydroxyl groups is 1. The molecular weight excluding hydrogens is 328 g/mol. The van der Waals surface area contributed by atoms with Crippen molar-refractivity contribution in [2.45, 2.75) is 38.5 Å². The summed E-state index contributed by atoms with van der Waals surface area (Å²) >= 11 is 0. The van der Waals surface area contributed by atoms with Crippen molar-refractivity contribution in [3.8, 4) is 11.4 Å². The molecule has 6 heteroatoms. The number of hydrogen-bond acceptors (Lipinski definition) is 4. The number of pyridine rings is 1. The number of fused-ring (bicyclic) bond motifs is 3. The zero-order valence-electron chi connectivity index (χ0n) is 14.8. The topological polar surface area (TPSA) is 83.2 Å². The van der Waals surface area contributed by atoms with Crippen molar-refractivity contribution in [2.75, 3.05) is 0 Å². The van der Waals surface area contributed by atoms with Crippen LogP contribution in [0.15, 0.2) is 40.8 Å². The maximum absolute atomic E-state index is 12.7. The molecule has 2 heterocycles. The van der Waals surface area contributed by atoms with Gasteiger partial charge in [0, 0.05) is 34.9 Å². The van der Waals surface area contributed by atoms with Crippen LogP contribution in [0.5, 0.6) is 0 Å². The summed E-state index contributed by atoms with van der Waals surface area (Å²) in [6.45, 7) is 11.5. The van der Waals surface area contributed by atoms with Gasteiger partial charge in [-0.1, -0.05) is 13.8 Å². The molecule has 26 heavy (non-hydrogen) atoms. The summed E-state index contributed by atoms with van der Waals surface area (Å²) in [4.78, 5) is 28.0. The van der Waals surface area contributed by atoms with E-state index in [4.69, 9.17) is 11.6 Å². The first-order valence-corrected chi connectivity index (χ1v) is 8.79. The molecule has 0 aromatic carbocycles. The molecular formula is C20H20N4O2. The average molecular weight is 348 g/mol. The Kier molecular flexibility index (Phi) is 3.69. The largest absolute Gasteiger partial charge is 0.523 e. The normalized spacial score (nSPS) is 27.4. The number of rotatable bonds is 1. The molecule has 0 aliphatic heterocycles. The van der Waals surface area contributed by atoms with Crippen molar-refractivity contribution in [3.63, 3.8) is 0 Å². The minimum atomic E-state index is -0.435. The lowest BCUT2D eigenvalue weighted by molar-refractivity contribution is 0.134. The van der Waals surface area contributed by atoms with Gasteiger partial charge in [-0.2, -0.15) is 0 Å². The Labute approximate surface area is 151 Å². The van der Waals surface area contributed by atoms with Gasteiger partial charge in [0.15, 0.2) is 0 Å². The minimum Gasteiger partial charge on any atom is -0.523 e. The van der Waals surface area contributed by atoms with E-state index in [9.17, 15) is 9.90 Å². The lowest BCUT2D eigenvalue weighted by atomic mass is 9.57. The second-order valence-electron chi connectivity index (χ2n) is 7.45. The van der Waals surface area contributed by atoms with E-state index in [0.29, 0.717) is 29.9 Å². The van der Waals surface area contributed by atoms with Crippen LogP contribution < -0.4 is 5.56 Å². The number of aromatic nitrogens is 3. The van der Waals surface area contributed by atoms with Crippen LogP contribution >= 0.6 is 0 Å². The SMILES string of the molecule is [C-]#[N+]C1=C(O)[C@H](C)[C@H]2CCc3c(nc(-c4ccncc4)[nH]c3=O)[C@]2(C)C1. The number of hydrogen-bond donors (Lipinski definition) is 2. The van der Waals surface area contributed by atoms with Crippen LogP contribution in [0.2, 0.25) is 0 Å². The van der Waals surface area contributed by atoms with Gasteiger partial charge in [0.1, 0.15) is 5.82 Å².